The highest BCUT2D eigenvalue weighted by Crippen LogP contribution is 2.31. The highest BCUT2D eigenvalue weighted by atomic mass is 15.4. The van der Waals surface area contributed by atoms with Crippen LogP contribution in [0, 0.1) is 0 Å². The van der Waals surface area contributed by atoms with E-state index in [4.69, 9.17) is 5.84 Å². The van der Waals surface area contributed by atoms with Crippen molar-refractivity contribution in [2.75, 3.05) is 36.5 Å². The standard InChI is InChI=1S/C12H19N5/c1-3-14-12(15-13)17-9-8-16(2)10-6-4-5-7-11(10)17/h4-7H,3,8-9,13H2,1-2H3,(H,14,15). The number of guanidine groups is 1. The molecule has 0 saturated heterocycles. The van der Waals surface area contributed by atoms with Crippen molar-refractivity contribution in [1.29, 1.82) is 0 Å². The molecule has 92 valence electrons. The van der Waals surface area contributed by atoms with E-state index in [0.717, 1.165) is 24.7 Å². The number of nitrogens with one attached hydrogen (secondary N) is 1. The number of rotatable bonds is 1. The molecule has 0 saturated carbocycles. The smallest absolute Gasteiger partial charge is 0.213 e. The highest BCUT2D eigenvalue weighted by Gasteiger charge is 2.22. The molecule has 0 amide bonds. The monoisotopic (exact) mass is 233 g/mol. The minimum absolute atomic E-state index is 0.716. The topological polar surface area (TPSA) is 56.9 Å². The van der Waals surface area contributed by atoms with Crippen molar-refractivity contribution in [3.05, 3.63) is 24.3 Å². The first kappa shape index (κ1) is 11.7. The third-order valence-corrected chi connectivity index (χ3v) is 2.94. The Balaban J connectivity index is 2.39. The maximum atomic E-state index is 5.55. The van der Waals surface area contributed by atoms with Crippen LogP contribution in [0.15, 0.2) is 29.3 Å². The van der Waals surface area contributed by atoms with Crippen LogP contribution in [0.25, 0.3) is 0 Å². The average molecular weight is 233 g/mol. The highest BCUT2D eigenvalue weighted by molar-refractivity contribution is 5.99. The molecule has 5 heteroatoms. The molecule has 17 heavy (non-hydrogen) atoms. The van der Waals surface area contributed by atoms with E-state index >= 15 is 0 Å². The van der Waals surface area contributed by atoms with Gasteiger partial charge in [0.2, 0.25) is 5.96 Å². The minimum Gasteiger partial charge on any atom is -0.371 e. The normalized spacial score (nSPS) is 15.8. The van der Waals surface area contributed by atoms with E-state index < -0.39 is 0 Å². The lowest BCUT2D eigenvalue weighted by Crippen LogP contribution is -2.50. The number of hydrazine groups is 1. The van der Waals surface area contributed by atoms with Gasteiger partial charge in [0.15, 0.2) is 0 Å². The molecule has 1 aliphatic heterocycles. The van der Waals surface area contributed by atoms with Gasteiger partial charge in [-0.15, -0.1) is 0 Å². The molecular formula is C12H19N5. The van der Waals surface area contributed by atoms with Gasteiger partial charge in [0.1, 0.15) is 0 Å². The number of fused-ring (bicyclic) bond motifs is 1. The number of hydrogen-bond donors (Lipinski definition) is 2. The Hall–Kier alpha value is -1.75. The van der Waals surface area contributed by atoms with E-state index in [9.17, 15) is 0 Å². The van der Waals surface area contributed by atoms with Crippen LogP contribution in [-0.2, 0) is 0 Å². The summed E-state index contributed by atoms with van der Waals surface area (Å²) in [4.78, 5) is 8.74. The van der Waals surface area contributed by atoms with Gasteiger partial charge in [-0.25, -0.2) is 5.84 Å². The lowest BCUT2D eigenvalue weighted by Gasteiger charge is -2.36. The van der Waals surface area contributed by atoms with Crippen molar-refractivity contribution in [2.24, 2.45) is 10.8 Å². The molecule has 0 radical (unpaired) electrons. The summed E-state index contributed by atoms with van der Waals surface area (Å²) in [6.45, 7) is 4.56. The van der Waals surface area contributed by atoms with Gasteiger partial charge in [0.25, 0.3) is 0 Å². The van der Waals surface area contributed by atoms with Gasteiger partial charge >= 0.3 is 0 Å². The Bertz CT molecular complexity index is 415. The molecule has 0 bridgehead atoms. The zero-order valence-corrected chi connectivity index (χ0v) is 10.3. The number of hydrogen-bond acceptors (Lipinski definition) is 3. The van der Waals surface area contributed by atoms with Crippen LogP contribution in [0.5, 0.6) is 0 Å². The Labute approximate surface area is 102 Å². The van der Waals surface area contributed by atoms with Crippen molar-refractivity contribution >= 4 is 17.3 Å². The van der Waals surface area contributed by atoms with Crippen LogP contribution in [0.1, 0.15) is 6.92 Å². The first-order chi connectivity index (χ1) is 8.27. The van der Waals surface area contributed by atoms with Crippen molar-refractivity contribution in [1.82, 2.24) is 5.43 Å². The molecule has 2 rings (SSSR count). The predicted octanol–water partition coefficient (Wildman–Crippen LogP) is 0.782. The number of nitrogens with two attached hydrogens (primary N) is 1. The molecule has 1 heterocycles. The van der Waals surface area contributed by atoms with Crippen LogP contribution < -0.4 is 21.1 Å². The summed E-state index contributed by atoms with van der Waals surface area (Å²) < 4.78 is 0. The fourth-order valence-corrected chi connectivity index (χ4v) is 2.08. The first-order valence-corrected chi connectivity index (χ1v) is 5.86. The SMILES string of the molecule is CCN=C(NN)N1CCN(C)c2ccccc21. The third kappa shape index (κ3) is 2.19. The summed E-state index contributed by atoms with van der Waals surface area (Å²) in [5, 5.41) is 0. The second-order valence-corrected chi connectivity index (χ2v) is 4.00. The van der Waals surface area contributed by atoms with Crippen LogP contribution in [0.4, 0.5) is 11.4 Å². The fourth-order valence-electron chi connectivity index (χ4n) is 2.08. The van der Waals surface area contributed by atoms with Crippen molar-refractivity contribution in [2.45, 2.75) is 6.92 Å². The molecule has 3 N–H and O–H groups in total. The lowest BCUT2D eigenvalue weighted by atomic mass is 10.2. The van der Waals surface area contributed by atoms with Crippen molar-refractivity contribution in [3.63, 3.8) is 0 Å². The molecule has 0 fully saturated rings. The fraction of sp³-hybridized carbons (Fsp3) is 0.417. The van der Waals surface area contributed by atoms with Gasteiger partial charge in [-0.2, -0.15) is 0 Å². The van der Waals surface area contributed by atoms with E-state index in [-0.39, 0.29) is 0 Å². The van der Waals surface area contributed by atoms with Crippen molar-refractivity contribution < 1.29 is 0 Å². The second kappa shape index (κ2) is 5.05. The van der Waals surface area contributed by atoms with E-state index in [1.165, 1.54) is 5.69 Å². The zero-order chi connectivity index (χ0) is 12.3. The van der Waals surface area contributed by atoms with Gasteiger partial charge in [-0.3, -0.25) is 10.4 Å². The Morgan fingerprint density at radius 1 is 1.35 bits per heavy atom. The molecule has 0 unspecified atom stereocenters. The maximum Gasteiger partial charge on any atom is 0.213 e. The quantitative estimate of drug-likeness (QED) is 0.326. The molecular weight excluding hydrogens is 214 g/mol. The van der Waals surface area contributed by atoms with E-state index in [1.807, 2.05) is 19.1 Å². The number of para-hydroxylation sites is 2. The minimum atomic E-state index is 0.716. The first-order valence-electron chi connectivity index (χ1n) is 5.86. The number of likely N-dealkylation sites (N-methyl/N-ethyl adjacent to an activating group) is 1. The van der Waals surface area contributed by atoms with Crippen molar-refractivity contribution in [3.8, 4) is 0 Å². The number of anilines is 2. The lowest BCUT2D eigenvalue weighted by molar-refractivity contribution is 0.807. The molecule has 0 aromatic heterocycles. The summed E-state index contributed by atoms with van der Waals surface area (Å²) in [6.07, 6.45) is 0. The summed E-state index contributed by atoms with van der Waals surface area (Å²) in [5.74, 6) is 6.28. The van der Waals surface area contributed by atoms with Gasteiger partial charge in [-0.1, -0.05) is 12.1 Å². The number of aliphatic imine (C=N–C) groups is 1. The molecule has 1 aromatic rings. The summed E-state index contributed by atoms with van der Waals surface area (Å²) in [6, 6.07) is 8.28. The largest absolute Gasteiger partial charge is 0.371 e. The molecule has 1 aliphatic rings. The maximum absolute atomic E-state index is 5.55. The number of nitrogens with zero attached hydrogens (tertiary/aromatic N) is 3. The van der Waals surface area contributed by atoms with Gasteiger partial charge in [0, 0.05) is 26.7 Å². The third-order valence-electron chi connectivity index (χ3n) is 2.94. The Morgan fingerprint density at radius 2 is 2.06 bits per heavy atom. The molecule has 5 nitrogen and oxygen atoms in total. The van der Waals surface area contributed by atoms with Crippen LogP contribution in [0.2, 0.25) is 0 Å². The van der Waals surface area contributed by atoms with Gasteiger partial charge < -0.3 is 9.80 Å². The second-order valence-electron chi connectivity index (χ2n) is 4.00. The van der Waals surface area contributed by atoms with E-state index in [2.05, 4.69) is 39.4 Å². The summed E-state index contributed by atoms with van der Waals surface area (Å²) in [5.41, 5.74) is 5.04. The zero-order valence-electron chi connectivity index (χ0n) is 10.3. The molecule has 0 spiro atoms. The van der Waals surface area contributed by atoms with E-state index in [0.29, 0.717) is 6.54 Å². The van der Waals surface area contributed by atoms with Crippen LogP contribution in [0.3, 0.4) is 0 Å². The van der Waals surface area contributed by atoms with Crippen LogP contribution >= 0.6 is 0 Å². The van der Waals surface area contributed by atoms with Gasteiger partial charge in [0.05, 0.1) is 11.4 Å². The predicted molar refractivity (Wildman–Crippen MR) is 72.4 cm³/mol. The molecule has 0 atom stereocenters. The average Bonchev–Trinajstić information content (AvgIpc) is 2.37. The summed E-state index contributed by atoms with van der Waals surface area (Å²) in [7, 11) is 2.10. The number of benzene rings is 1. The van der Waals surface area contributed by atoms with Gasteiger partial charge in [-0.05, 0) is 19.1 Å². The summed E-state index contributed by atoms with van der Waals surface area (Å²) >= 11 is 0. The Morgan fingerprint density at radius 3 is 2.71 bits per heavy atom. The molecule has 0 aliphatic carbocycles. The Kier molecular flexibility index (Phi) is 3.49. The van der Waals surface area contributed by atoms with Crippen LogP contribution in [-0.4, -0.2) is 32.6 Å². The van der Waals surface area contributed by atoms with E-state index in [1.54, 1.807) is 0 Å². The molecule has 1 aromatic carbocycles.